The summed E-state index contributed by atoms with van der Waals surface area (Å²) in [6.07, 6.45) is 3.75. The molecule has 0 saturated heterocycles. The lowest BCUT2D eigenvalue weighted by Crippen LogP contribution is -2.30. The standard InChI is InChI=1S/C22H27N5O2.HI/c1-4-23-22(26-19-9-10-20(28-2)21(14-19)29-3)24-15-17-7-5-8-18(13-17)16-27-12-6-11-25-27;/h5-14H,4,15-16H2,1-3H3,(H2,23,24,26);1H. The van der Waals surface area contributed by atoms with Gasteiger partial charge in [0.15, 0.2) is 17.5 Å². The van der Waals surface area contributed by atoms with Crippen molar-refractivity contribution in [2.75, 3.05) is 26.1 Å². The fraction of sp³-hybridized carbons (Fsp3) is 0.273. The number of guanidine groups is 1. The lowest BCUT2D eigenvalue weighted by atomic mass is 10.1. The van der Waals surface area contributed by atoms with E-state index in [2.05, 4.69) is 40.0 Å². The van der Waals surface area contributed by atoms with Crippen molar-refractivity contribution in [1.29, 1.82) is 0 Å². The molecule has 160 valence electrons. The lowest BCUT2D eigenvalue weighted by Gasteiger charge is -2.14. The molecule has 0 radical (unpaired) electrons. The van der Waals surface area contributed by atoms with Crippen LogP contribution in [0, 0.1) is 0 Å². The van der Waals surface area contributed by atoms with Crippen LogP contribution in [0.2, 0.25) is 0 Å². The van der Waals surface area contributed by atoms with Gasteiger partial charge in [-0.15, -0.1) is 24.0 Å². The van der Waals surface area contributed by atoms with Crippen LogP contribution in [0.3, 0.4) is 0 Å². The predicted octanol–water partition coefficient (Wildman–Crippen LogP) is 4.14. The van der Waals surface area contributed by atoms with E-state index in [1.807, 2.05) is 42.1 Å². The zero-order chi connectivity index (χ0) is 20.5. The second-order valence-corrected chi connectivity index (χ2v) is 6.41. The van der Waals surface area contributed by atoms with Crippen LogP contribution in [0.1, 0.15) is 18.1 Å². The number of anilines is 1. The van der Waals surface area contributed by atoms with Gasteiger partial charge in [-0.1, -0.05) is 24.3 Å². The Hall–Kier alpha value is -2.75. The van der Waals surface area contributed by atoms with Crippen LogP contribution in [-0.4, -0.2) is 36.5 Å². The average Bonchev–Trinajstić information content (AvgIpc) is 3.25. The molecule has 0 aliphatic rings. The molecule has 1 heterocycles. The van der Waals surface area contributed by atoms with Crippen molar-refractivity contribution in [3.8, 4) is 11.5 Å². The maximum absolute atomic E-state index is 5.37. The van der Waals surface area contributed by atoms with Gasteiger partial charge in [-0.2, -0.15) is 5.10 Å². The summed E-state index contributed by atoms with van der Waals surface area (Å²) in [6.45, 7) is 4.11. The molecule has 2 aromatic carbocycles. The fourth-order valence-electron chi connectivity index (χ4n) is 2.94. The Bertz CT molecular complexity index is 944. The van der Waals surface area contributed by atoms with Gasteiger partial charge < -0.3 is 20.1 Å². The summed E-state index contributed by atoms with van der Waals surface area (Å²) in [5.74, 6) is 2.06. The van der Waals surface area contributed by atoms with E-state index in [-0.39, 0.29) is 24.0 Å². The fourth-order valence-corrected chi connectivity index (χ4v) is 2.94. The van der Waals surface area contributed by atoms with Gasteiger partial charge in [-0.05, 0) is 36.2 Å². The summed E-state index contributed by atoms with van der Waals surface area (Å²) in [5, 5.41) is 10.9. The molecule has 0 amide bonds. The maximum atomic E-state index is 5.37. The summed E-state index contributed by atoms with van der Waals surface area (Å²) >= 11 is 0. The summed E-state index contributed by atoms with van der Waals surface area (Å²) in [5.41, 5.74) is 3.20. The van der Waals surface area contributed by atoms with Crippen LogP contribution >= 0.6 is 24.0 Å². The molecule has 8 heteroatoms. The molecule has 0 atom stereocenters. The van der Waals surface area contributed by atoms with Gasteiger partial charge in [-0.25, -0.2) is 4.99 Å². The van der Waals surface area contributed by atoms with Gasteiger partial charge in [0.05, 0.1) is 27.3 Å². The van der Waals surface area contributed by atoms with Crippen molar-refractivity contribution >= 4 is 35.6 Å². The van der Waals surface area contributed by atoms with Crippen molar-refractivity contribution in [2.24, 2.45) is 4.99 Å². The highest BCUT2D eigenvalue weighted by Gasteiger charge is 2.06. The zero-order valence-corrected chi connectivity index (χ0v) is 19.8. The first kappa shape index (κ1) is 23.5. The number of nitrogens with zero attached hydrogens (tertiary/aromatic N) is 3. The molecule has 0 aliphatic heterocycles. The molecule has 1 aromatic heterocycles. The largest absolute Gasteiger partial charge is 0.493 e. The van der Waals surface area contributed by atoms with E-state index >= 15 is 0 Å². The Morgan fingerprint density at radius 3 is 2.53 bits per heavy atom. The van der Waals surface area contributed by atoms with Crippen LogP contribution in [0.25, 0.3) is 0 Å². The van der Waals surface area contributed by atoms with Gasteiger partial charge in [0.2, 0.25) is 0 Å². The molecular formula is C22H28IN5O2. The van der Waals surface area contributed by atoms with Gasteiger partial charge >= 0.3 is 0 Å². The molecule has 0 unspecified atom stereocenters. The van der Waals surface area contributed by atoms with E-state index in [0.717, 1.165) is 24.3 Å². The third kappa shape index (κ3) is 6.65. The van der Waals surface area contributed by atoms with Crippen molar-refractivity contribution in [1.82, 2.24) is 15.1 Å². The smallest absolute Gasteiger partial charge is 0.196 e. The van der Waals surface area contributed by atoms with E-state index in [4.69, 9.17) is 14.5 Å². The summed E-state index contributed by atoms with van der Waals surface area (Å²) in [4.78, 5) is 4.72. The SMILES string of the molecule is CCNC(=NCc1cccc(Cn2cccn2)c1)Nc1ccc(OC)c(OC)c1.I. The molecule has 0 saturated carbocycles. The van der Waals surface area contributed by atoms with Crippen LogP contribution in [0.5, 0.6) is 11.5 Å². The molecule has 3 aromatic rings. The highest BCUT2D eigenvalue weighted by atomic mass is 127. The van der Waals surface area contributed by atoms with Gasteiger partial charge in [0.25, 0.3) is 0 Å². The van der Waals surface area contributed by atoms with Crippen LogP contribution < -0.4 is 20.1 Å². The van der Waals surface area contributed by atoms with E-state index in [0.29, 0.717) is 24.0 Å². The lowest BCUT2D eigenvalue weighted by molar-refractivity contribution is 0.355. The quantitative estimate of drug-likeness (QED) is 0.265. The summed E-state index contributed by atoms with van der Waals surface area (Å²) in [7, 11) is 3.24. The van der Waals surface area contributed by atoms with Gasteiger partial charge in [0.1, 0.15) is 0 Å². The number of hydrogen-bond donors (Lipinski definition) is 2. The molecular weight excluding hydrogens is 493 g/mol. The Morgan fingerprint density at radius 2 is 1.83 bits per heavy atom. The number of halogens is 1. The molecule has 0 bridgehead atoms. The van der Waals surface area contributed by atoms with E-state index < -0.39 is 0 Å². The average molecular weight is 521 g/mol. The number of rotatable bonds is 8. The highest BCUT2D eigenvalue weighted by molar-refractivity contribution is 14.0. The zero-order valence-electron chi connectivity index (χ0n) is 17.5. The van der Waals surface area contributed by atoms with Gasteiger partial charge in [-0.3, -0.25) is 4.68 Å². The molecule has 7 nitrogen and oxygen atoms in total. The molecule has 30 heavy (non-hydrogen) atoms. The minimum atomic E-state index is 0. The Balaban J connectivity index is 0.00000320. The minimum Gasteiger partial charge on any atom is -0.493 e. The van der Waals surface area contributed by atoms with Crippen molar-refractivity contribution in [3.63, 3.8) is 0 Å². The molecule has 2 N–H and O–H groups in total. The van der Waals surface area contributed by atoms with Crippen LogP contribution in [-0.2, 0) is 13.1 Å². The molecule has 0 spiro atoms. The Morgan fingerprint density at radius 1 is 1.03 bits per heavy atom. The van der Waals surface area contributed by atoms with E-state index in [1.165, 1.54) is 5.56 Å². The number of ether oxygens (including phenoxy) is 2. The number of nitrogens with one attached hydrogen (secondary N) is 2. The Labute approximate surface area is 194 Å². The van der Waals surface area contributed by atoms with E-state index in [9.17, 15) is 0 Å². The Kier molecular flexibility index (Phi) is 9.46. The third-order valence-corrected chi connectivity index (χ3v) is 4.31. The van der Waals surface area contributed by atoms with Crippen LogP contribution in [0.15, 0.2) is 65.9 Å². The third-order valence-electron chi connectivity index (χ3n) is 4.31. The van der Waals surface area contributed by atoms with E-state index in [1.54, 1.807) is 20.4 Å². The second kappa shape index (κ2) is 12.1. The molecule has 0 fully saturated rings. The topological polar surface area (TPSA) is 72.7 Å². The summed E-state index contributed by atoms with van der Waals surface area (Å²) in [6, 6.07) is 16.0. The number of aromatic nitrogens is 2. The van der Waals surface area contributed by atoms with Gasteiger partial charge in [0, 0.05) is 30.7 Å². The first-order valence-electron chi connectivity index (χ1n) is 9.54. The number of aliphatic imine (C=N–C) groups is 1. The first-order valence-corrected chi connectivity index (χ1v) is 9.54. The normalized spacial score (nSPS) is 10.8. The molecule has 3 rings (SSSR count). The minimum absolute atomic E-state index is 0. The summed E-state index contributed by atoms with van der Waals surface area (Å²) < 4.78 is 12.6. The number of hydrogen-bond acceptors (Lipinski definition) is 4. The number of methoxy groups -OCH3 is 2. The monoisotopic (exact) mass is 521 g/mol. The molecule has 0 aliphatic carbocycles. The second-order valence-electron chi connectivity index (χ2n) is 6.41. The predicted molar refractivity (Wildman–Crippen MR) is 131 cm³/mol. The van der Waals surface area contributed by atoms with Crippen molar-refractivity contribution in [2.45, 2.75) is 20.0 Å². The van der Waals surface area contributed by atoms with Crippen molar-refractivity contribution < 1.29 is 9.47 Å². The highest BCUT2D eigenvalue weighted by Crippen LogP contribution is 2.29. The maximum Gasteiger partial charge on any atom is 0.196 e. The van der Waals surface area contributed by atoms with Crippen LogP contribution in [0.4, 0.5) is 5.69 Å². The van der Waals surface area contributed by atoms with Crippen molar-refractivity contribution in [3.05, 3.63) is 72.1 Å². The first-order chi connectivity index (χ1) is 14.2. The number of benzene rings is 2.